The molecule has 0 spiro atoms. The van der Waals surface area contributed by atoms with Crippen LogP contribution in [0.25, 0.3) is 10.9 Å². The smallest absolute Gasteiger partial charge is 0.130 e. The van der Waals surface area contributed by atoms with Crippen molar-refractivity contribution in [2.45, 2.75) is 33.8 Å². The van der Waals surface area contributed by atoms with Crippen LogP contribution in [0, 0.1) is 0 Å². The molecule has 25 heavy (non-hydrogen) atoms. The third-order valence-corrected chi connectivity index (χ3v) is 4.91. The SMILES string of the molecule is CCN(CC)CC(CN(CC)CC)Oc1ccnc2cc(Cl)ccc12. The standard InChI is InChI=1S/C20H30ClN3O/c1-5-23(6-2)14-17(15-24(7-3)8-4)25-20-11-12-22-19-13-16(21)9-10-18(19)20/h9-13,17H,5-8,14-15H2,1-4H3. The summed E-state index contributed by atoms with van der Waals surface area (Å²) in [4.78, 5) is 9.23. The second-order valence-electron chi connectivity index (χ2n) is 6.18. The number of fused-ring (bicyclic) bond motifs is 1. The van der Waals surface area contributed by atoms with Gasteiger partial charge in [-0.15, -0.1) is 0 Å². The predicted molar refractivity (Wildman–Crippen MR) is 107 cm³/mol. The van der Waals surface area contributed by atoms with Gasteiger partial charge in [-0.3, -0.25) is 4.98 Å². The van der Waals surface area contributed by atoms with E-state index in [4.69, 9.17) is 16.3 Å². The number of hydrogen-bond acceptors (Lipinski definition) is 4. The highest BCUT2D eigenvalue weighted by Gasteiger charge is 2.18. The van der Waals surface area contributed by atoms with Gasteiger partial charge in [-0.05, 0) is 50.4 Å². The quantitative estimate of drug-likeness (QED) is 0.628. The molecule has 0 radical (unpaired) electrons. The number of likely N-dealkylation sites (N-methyl/N-ethyl adjacent to an activating group) is 2. The zero-order chi connectivity index (χ0) is 18.2. The van der Waals surface area contributed by atoms with Crippen molar-refractivity contribution in [3.8, 4) is 5.75 Å². The van der Waals surface area contributed by atoms with E-state index in [1.165, 1.54) is 0 Å². The molecule has 0 saturated carbocycles. The van der Waals surface area contributed by atoms with Gasteiger partial charge in [-0.2, -0.15) is 0 Å². The van der Waals surface area contributed by atoms with E-state index in [-0.39, 0.29) is 6.10 Å². The lowest BCUT2D eigenvalue weighted by atomic mass is 10.2. The third-order valence-electron chi connectivity index (χ3n) is 4.67. The van der Waals surface area contributed by atoms with Gasteiger partial charge in [0.2, 0.25) is 0 Å². The number of pyridine rings is 1. The van der Waals surface area contributed by atoms with E-state index >= 15 is 0 Å². The monoisotopic (exact) mass is 363 g/mol. The average Bonchev–Trinajstić information content (AvgIpc) is 2.63. The highest BCUT2D eigenvalue weighted by Crippen LogP contribution is 2.27. The Morgan fingerprint density at radius 2 is 1.56 bits per heavy atom. The number of aromatic nitrogens is 1. The molecule has 1 aromatic heterocycles. The van der Waals surface area contributed by atoms with Gasteiger partial charge in [0.25, 0.3) is 0 Å². The lowest BCUT2D eigenvalue weighted by Crippen LogP contribution is -2.43. The normalized spacial score (nSPS) is 11.8. The zero-order valence-corrected chi connectivity index (χ0v) is 16.6. The Morgan fingerprint density at radius 3 is 2.12 bits per heavy atom. The van der Waals surface area contributed by atoms with Crippen molar-refractivity contribution >= 4 is 22.5 Å². The summed E-state index contributed by atoms with van der Waals surface area (Å²) >= 11 is 6.10. The van der Waals surface area contributed by atoms with Crippen LogP contribution in [-0.4, -0.2) is 60.2 Å². The van der Waals surface area contributed by atoms with Gasteiger partial charge in [-0.1, -0.05) is 39.3 Å². The van der Waals surface area contributed by atoms with Crippen molar-refractivity contribution in [3.63, 3.8) is 0 Å². The molecular weight excluding hydrogens is 334 g/mol. The zero-order valence-electron chi connectivity index (χ0n) is 15.8. The molecule has 0 aliphatic carbocycles. The third kappa shape index (κ3) is 5.56. The molecule has 2 aromatic rings. The van der Waals surface area contributed by atoms with Gasteiger partial charge in [-0.25, -0.2) is 0 Å². The van der Waals surface area contributed by atoms with Crippen molar-refractivity contribution in [2.75, 3.05) is 39.3 Å². The summed E-state index contributed by atoms with van der Waals surface area (Å²) in [6.45, 7) is 14.7. The summed E-state index contributed by atoms with van der Waals surface area (Å²) in [7, 11) is 0. The average molecular weight is 364 g/mol. The van der Waals surface area contributed by atoms with Gasteiger partial charge in [0.1, 0.15) is 11.9 Å². The maximum Gasteiger partial charge on any atom is 0.130 e. The van der Waals surface area contributed by atoms with Crippen LogP contribution < -0.4 is 4.74 Å². The number of halogens is 1. The largest absolute Gasteiger partial charge is 0.487 e. The lowest BCUT2D eigenvalue weighted by molar-refractivity contribution is 0.100. The first-order valence-electron chi connectivity index (χ1n) is 9.26. The van der Waals surface area contributed by atoms with Gasteiger partial charge in [0, 0.05) is 29.7 Å². The van der Waals surface area contributed by atoms with Crippen molar-refractivity contribution in [3.05, 3.63) is 35.5 Å². The van der Waals surface area contributed by atoms with Crippen LogP contribution in [-0.2, 0) is 0 Å². The molecule has 4 nitrogen and oxygen atoms in total. The molecule has 0 amide bonds. The molecule has 0 aliphatic rings. The molecule has 0 N–H and O–H groups in total. The van der Waals surface area contributed by atoms with E-state index < -0.39 is 0 Å². The number of benzene rings is 1. The van der Waals surface area contributed by atoms with Crippen molar-refractivity contribution in [1.82, 2.24) is 14.8 Å². The molecule has 0 fully saturated rings. The van der Waals surface area contributed by atoms with Gasteiger partial charge >= 0.3 is 0 Å². The Labute approximate surface area is 156 Å². The molecule has 0 bridgehead atoms. The first-order chi connectivity index (χ1) is 12.1. The van der Waals surface area contributed by atoms with Crippen LogP contribution in [0.3, 0.4) is 0 Å². The van der Waals surface area contributed by atoms with Gasteiger partial charge < -0.3 is 14.5 Å². The van der Waals surface area contributed by atoms with E-state index in [9.17, 15) is 0 Å². The number of nitrogens with zero attached hydrogens (tertiary/aromatic N) is 3. The minimum absolute atomic E-state index is 0.112. The van der Waals surface area contributed by atoms with Crippen LogP contribution >= 0.6 is 11.6 Å². The molecule has 2 rings (SSSR count). The summed E-state index contributed by atoms with van der Waals surface area (Å²) in [6, 6.07) is 7.72. The molecule has 0 saturated heterocycles. The first kappa shape index (κ1) is 20.0. The maximum atomic E-state index is 6.47. The van der Waals surface area contributed by atoms with Crippen LogP contribution in [0.2, 0.25) is 5.02 Å². The minimum atomic E-state index is 0.112. The van der Waals surface area contributed by atoms with E-state index in [2.05, 4.69) is 42.5 Å². The second kappa shape index (κ2) is 9.95. The molecule has 5 heteroatoms. The highest BCUT2D eigenvalue weighted by atomic mass is 35.5. The first-order valence-corrected chi connectivity index (χ1v) is 9.64. The summed E-state index contributed by atoms with van der Waals surface area (Å²) in [5.41, 5.74) is 0.870. The van der Waals surface area contributed by atoms with Gasteiger partial charge in [0.15, 0.2) is 0 Å². The van der Waals surface area contributed by atoms with E-state index in [1.54, 1.807) is 6.20 Å². The Morgan fingerprint density at radius 1 is 0.960 bits per heavy atom. The summed E-state index contributed by atoms with van der Waals surface area (Å²) in [6.07, 6.45) is 1.90. The fourth-order valence-electron chi connectivity index (χ4n) is 3.05. The van der Waals surface area contributed by atoms with Crippen LogP contribution in [0.1, 0.15) is 27.7 Å². The van der Waals surface area contributed by atoms with Crippen molar-refractivity contribution in [1.29, 1.82) is 0 Å². The molecule has 0 atom stereocenters. The Kier molecular flexibility index (Phi) is 7.94. The lowest BCUT2D eigenvalue weighted by Gasteiger charge is -2.30. The number of hydrogen-bond donors (Lipinski definition) is 0. The topological polar surface area (TPSA) is 28.6 Å². The van der Waals surface area contributed by atoms with Crippen LogP contribution in [0.4, 0.5) is 0 Å². The van der Waals surface area contributed by atoms with E-state index in [1.807, 2.05) is 24.3 Å². The molecule has 0 aliphatic heterocycles. The van der Waals surface area contributed by atoms with Crippen molar-refractivity contribution in [2.24, 2.45) is 0 Å². The van der Waals surface area contributed by atoms with Crippen molar-refractivity contribution < 1.29 is 4.74 Å². The van der Waals surface area contributed by atoms with Crippen LogP contribution in [0.15, 0.2) is 30.5 Å². The maximum absolute atomic E-state index is 6.47. The predicted octanol–water partition coefficient (Wildman–Crippen LogP) is 4.32. The minimum Gasteiger partial charge on any atom is -0.487 e. The van der Waals surface area contributed by atoms with E-state index in [0.717, 1.165) is 55.9 Å². The highest BCUT2D eigenvalue weighted by molar-refractivity contribution is 6.31. The fourth-order valence-corrected chi connectivity index (χ4v) is 3.22. The number of rotatable bonds is 10. The molecule has 1 heterocycles. The molecule has 1 aromatic carbocycles. The Hall–Kier alpha value is -1.36. The second-order valence-corrected chi connectivity index (χ2v) is 6.62. The summed E-state index contributed by atoms with van der Waals surface area (Å²) < 4.78 is 6.47. The fraction of sp³-hybridized carbons (Fsp3) is 0.550. The number of ether oxygens (including phenoxy) is 1. The van der Waals surface area contributed by atoms with Crippen LogP contribution in [0.5, 0.6) is 5.75 Å². The van der Waals surface area contributed by atoms with E-state index in [0.29, 0.717) is 5.02 Å². The Balaban J connectivity index is 2.25. The molecule has 0 unspecified atom stereocenters. The Bertz CT molecular complexity index is 642. The molecular formula is C20H30ClN3O. The summed E-state index contributed by atoms with van der Waals surface area (Å²) in [5.74, 6) is 0.881. The summed E-state index contributed by atoms with van der Waals surface area (Å²) in [5, 5.41) is 1.70. The van der Waals surface area contributed by atoms with Gasteiger partial charge in [0.05, 0.1) is 5.52 Å². The molecule has 138 valence electrons.